The Labute approximate surface area is 96.2 Å². The van der Waals surface area contributed by atoms with Crippen molar-refractivity contribution in [2.45, 2.75) is 31.7 Å². The van der Waals surface area contributed by atoms with Gasteiger partial charge in [-0.05, 0) is 49.9 Å². The first kappa shape index (κ1) is 11.4. The van der Waals surface area contributed by atoms with Gasteiger partial charge in [-0.3, -0.25) is 0 Å². The average Bonchev–Trinajstić information content (AvgIpc) is 2.15. The number of anilines is 1. The summed E-state index contributed by atoms with van der Waals surface area (Å²) >= 11 is 0. The number of nitrogens with zero attached hydrogens (tertiary/aromatic N) is 1. The van der Waals surface area contributed by atoms with Gasteiger partial charge in [-0.2, -0.15) is 0 Å². The van der Waals surface area contributed by atoms with Gasteiger partial charge in [0.15, 0.2) is 0 Å². The van der Waals surface area contributed by atoms with Crippen molar-refractivity contribution in [2.24, 2.45) is 5.73 Å². The topological polar surface area (TPSA) is 29.3 Å². The highest BCUT2D eigenvalue weighted by molar-refractivity contribution is 5.49. The minimum Gasteiger partial charge on any atom is -0.369 e. The molecule has 0 aromatic heterocycles. The van der Waals surface area contributed by atoms with Gasteiger partial charge in [0.05, 0.1) is 5.69 Å². The summed E-state index contributed by atoms with van der Waals surface area (Å²) in [4.78, 5) is 2.06. The van der Waals surface area contributed by atoms with Gasteiger partial charge < -0.3 is 10.6 Å². The van der Waals surface area contributed by atoms with E-state index in [0.29, 0.717) is 18.3 Å². The Kier molecular flexibility index (Phi) is 3.44. The van der Waals surface area contributed by atoms with E-state index in [4.69, 9.17) is 5.73 Å². The molecule has 0 radical (unpaired) electrons. The van der Waals surface area contributed by atoms with Gasteiger partial charge in [-0.15, -0.1) is 0 Å². The Morgan fingerprint density at radius 2 is 2.19 bits per heavy atom. The summed E-state index contributed by atoms with van der Waals surface area (Å²) in [7, 11) is 1.98. The van der Waals surface area contributed by atoms with E-state index >= 15 is 0 Å². The highest BCUT2D eigenvalue weighted by Gasteiger charge is 2.23. The summed E-state index contributed by atoms with van der Waals surface area (Å²) in [6, 6.07) is 5.98. The fourth-order valence-electron chi connectivity index (χ4n) is 2.13. The maximum absolute atomic E-state index is 13.9. The zero-order valence-electron chi connectivity index (χ0n) is 9.75. The third kappa shape index (κ3) is 2.19. The van der Waals surface area contributed by atoms with Crippen LogP contribution in [-0.4, -0.2) is 19.6 Å². The molecule has 1 saturated carbocycles. The van der Waals surface area contributed by atoms with E-state index < -0.39 is 0 Å². The van der Waals surface area contributed by atoms with Gasteiger partial charge in [0, 0.05) is 13.1 Å². The van der Waals surface area contributed by atoms with E-state index in [1.54, 1.807) is 6.07 Å². The van der Waals surface area contributed by atoms with Crippen molar-refractivity contribution in [3.63, 3.8) is 0 Å². The van der Waals surface area contributed by atoms with Crippen molar-refractivity contribution in [1.82, 2.24) is 0 Å². The van der Waals surface area contributed by atoms with Crippen LogP contribution in [0, 0.1) is 5.82 Å². The molecule has 1 aliphatic carbocycles. The van der Waals surface area contributed by atoms with Crippen molar-refractivity contribution in [1.29, 1.82) is 0 Å². The lowest BCUT2D eigenvalue weighted by Gasteiger charge is -2.36. The lowest BCUT2D eigenvalue weighted by molar-refractivity contribution is 0.398. The van der Waals surface area contributed by atoms with Crippen LogP contribution in [0.25, 0.3) is 0 Å². The molecule has 2 N–H and O–H groups in total. The SMILES string of the molecule is CN(c1ccc(CCN)cc1F)C1CCC1. The van der Waals surface area contributed by atoms with Crippen LogP contribution in [0.5, 0.6) is 0 Å². The average molecular weight is 222 g/mol. The number of halogens is 1. The van der Waals surface area contributed by atoms with Crippen LogP contribution in [0.15, 0.2) is 18.2 Å². The van der Waals surface area contributed by atoms with Crippen molar-refractivity contribution in [3.8, 4) is 0 Å². The largest absolute Gasteiger partial charge is 0.369 e. The van der Waals surface area contributed by atoms with Crippen molar-refractivity contribution in [2.75, 3.05) is 18.5 Å². The second-order valence-electron chi connectivity index (χ2n) is 4.52. The zero-order chi connectivity index (χ0) is 11.5. The smallest absolute Gasteiger partial charge is 0.146 e. The van der Waals surface area contributed by atoms with Crippen LogP contribution in [0.2, 0.25) is 0 Å². The number of rotatable bonds is 4. The molecule has 0 amide bonds. The van der Waals surface area contributed by atoms with E-state index in [1.807, 2.05) is 19.2 Å². The monoisotopic (exact) mass is 222 g/mol. The van der Waals surface area contributed by atoms with Crippen molar-refractivity contribution >= 4 is 5.69 Å². The van der Waals surface area contributed by atoms with Crippen LogP contribution in [0.4, 0.5) is 10.1 Å². The Hall–Kier alpha value is -1.09. The van der Waals surface area contributed by atoms with E-state index in [9.17, 15) is 4.39 Å². The quantitative estimate of drug-likeness (QED) is 0.847. The summed E-state index contributed by atoms with van der Waals surface area (Å²) in [5.41, 5.74) is 7.15. The molecule has 0 unspecified atom stereocenters. The molecular formula is C13H19FN2. The molecule has 1 aromatic carbocycles. The molecule has 1 aromatic rings. The molecule has 2 rings (SSSR count). The van der Waals surface area contributed by atoms with Crippen LogP contribution < -0.4 is 10.6 Å². The summed E-state index contributed by atoms with van der Waals surface area (Å²) in [6.45, 7) is 0.567. The Morgan fingerprint density at radius 3 is 2.69 bits per heavy atom. The molecule has 0 saturated heterocycles. The van der Waals surface area contributed by atoms with Gasteiger partial charge in [0.2, 0.25) is 0 Å². The van der Waals surface area contributed by atoms with Crippen molar-refractivity contribution < 1.29 is 4.39 Å². The molecule has 0 heterocycles. The minimum absolute atomic E-state index is 0.125. The normalized spacial score (nSPS) is 15.9. The lowest BCUT2D eigenvalue weighted by atomic mass is 9.91. The number of benzene rings is 1. The molecule has 16 heavy (non-hydrogen) atoms. The molecule has 3 heteroatoms. The van der Waals surface area contributed by atoms with Gasteiger partial charge in [0.1, 0.15) is 5.82 Å². The zero-order valence-corrected chi connectivity index (χ0v) is 9.75. The van der Waals surface area contributed by atoms with Gasteiger partial charge in [-0.25, -0.2) is 4.39 Å². The minimum atomic E-state index is -0.125. The first-order valence-corrected chi connectivity index (χ1v) is 5.93. The molecule has 88 valence electrons. The van der Waals surface area contributed by atoms with Gasteiger partial charge in [0.25, 0.3) is 0 Å². The van der Waals surface area contributed by atoms with E-state index in [2.05, 4.69) is 4.90 Å². The van der Waals surface area contributed by atoms with Gasteiger partial charge >= 0.3 is 0 Å². The first-order valence-electron chi connectivity index (χ1n) is 5.93. The predicted octanol–water partition coefficient (Wildman–Crippen LogP) is 2.32. The third-order valence-corrected chi connectivity index (χ3v) is 3.45. The maximum atomic E-state index is 13.9. The first-order chi connectivity index (χ1) is 7.72. The molecule has 0 spiro atoms. The molecule has 2 nitrogen and oxygen atoms in total. The predicted molar refractivity (Wildman–Crippen MR) is 65.2 cm³/mol. The van der Waals surface area contributed by atoms with Crippen LogP contribution >= 0.6 is 0 Å². The Bertz CT molecular complexity index is 361. The summed E-state index contributed by atoms with van der Waals surface area (Å²) in [6.07, 6.45) is 4.37. The summed E-state index contributed by atoms with van der Waals surface area (Å²) in [5, 5.41) is 0. The Morgan fingerprint density at radius 1 is 1.44 bits per heavy atom. The van der Waals surface area contributed by atoms with Crippen LogP contribution in [-0.2, 0) is 6.42 Å². The maximum Gasteiger partial charge on any atom is 0.146 e. The molecule has 1 fully saturated rings. The van der Waals surface area contributed by atoms with E-state index in [1.165, 1.54) is 19.3 Å². The molecule has 0 bridgehead atoms. The van der Waals surface area contributed by atoms with Crippen LogP contribution in [0.1, 0.15) is 24.8 Å². The molecular weight excluding hydrogens is 203 g/mol. The molecule has 1 aliphatic rings. The second-order valence-corrected chi connectivity index (χ2v) is 4.52. The Balaban J connectivity index is 2.14. The summed E-state index contributed by atoms with van der Waals surface area (Å²) in [5.74, 6) is -0.125. The number of hydrogen-bond donors (Lipinski definition) is 1. The second kappa shape index (κ2) is 4.83. The fraction of sp³-hybridized carbons (Fsp3) is 0.538. The van der Waals surface area contributed by atoms with Gasteiger partial charge in [-0.1, -0.05) is 6.07 Å². The van der Waals surface area contributed by atoms with Crippen LogP contribution in [0.3, 0.4) is 0 Å². The highest BCUT2D eigenvalue weighted by atomic mass is 19.1. The fourth-order valence-corrected chi connectivity index (χ4v) is 2.13. The van der Waals surface area contributed by atoms with E-state index in [-0.39, 0.29) is 5.82 Å². The standard InChI is InChI=1S/C13H19FN2/c1-16(11-3-2-4-11)13-6-5-10(7-8-15)9-12(13)14/h5-6,9,11H,2-4,7-8,15H2,1H3. The third-order valence-electron chi connectivity index (χ3n) is 3.45. The van der Waals surface area contributed by atoms with Crippen molar-refractivity contribution in [3.05, 3.63) is 29.6 Å². The highest BCUT2D eigenvalue weighted by Crippen LogP contribution is 2.30. The van der Waals surface area contributed by atoms with E-state index in [0.717, 1.165) is 12.0 Å². The number of nitrogens with two attached hydrogens (primary N) is 1. The molecule has 0 atom stereocenters. The number of hydrogen-bond acceptors (Lipinski definition) is 2. The lowest BCUT2D eigenvalue weighted by Crippen LogP contribution is -2.37. The molecule has 0 aliphatic heterocycles. The summed E-state index contributed by atoms with van der Waals surface area (Å²) < 4.78 is 13.9.